The quantitative estimate of drug-likeness (QED) is 0.879. The van der Waals surface area contributed by atoms with E-state index in [0.29, 0.717) is 5.57 Å². The summed E-state index contributed by atoms with van der Waals surface area (Å²) in [6.07, 6.45) is 3.79. The predicted molar refractivity (Wildman–Crippen MR) is 70.9 cm³/mol. The maximum Gasteiger partial charge on any atom is 0.332 e. The van der Waals surface area contributed by atoms with Crippen LogP contribution in [-0.2, 0) is 10.5 Å². The summed E-state index contributed by atoms with van der Waals surface area (Å²) in [6.45, 7) is 0. The highest BCUT2D eigenvalue weighted by Gasteiger charge is 2.18. The molecule has 0 fully saturated rings. The summed E-state index contributed by atoms with van der Waals surface area (Å²) in [4.78, 5) is 12.2. The van der Waals surface area contributed by atoms with Gasteiger partial charge in [-0.3, -0.25) is 0 Å². The van der Waals surface area contributed by atoms with Gasteiger partial charge >= 0.3 is 5.97 Å². The maximum atomic E-state index is 11.1. The summed E-state index contributed by atoms with van der Waals surface area (Å²) in [6, 6.07) is 10.2. The second kappa shape index (κ2) is 5.92. The van der Waals surface area contributed by atoms with Crippen molar-refractivity contribution in [2.75, 3.05) is 0 Å². The number of aliphatic carboxylic acids is 1. The van der Waals surface area contributed by atoms with E-state index in [0.717, 1.165) is 36.3 Å². The molecule has 0 heterocycles. The zero-order chi connectivity index (χ0) is 12.1. The number of carboxylic acids is 1. The smallest absolute Gasteiger partial charge is 0.332 e. The zero-order valence-electron chi connectivity index (χ0n) is 9.69. The Morgan fingerprint density at radius 2 is 1.88 bits per heavy atom. The largest absolute Gasteiger partial charge is 0.478 e. The van der Waals surface area contributed by atoms with Gasteiger partial charge in [-0.25, -0.2) is 4.79 Å². The fraction of sp³-hybridized carbons (Fsp3) is 0.357. The van der Waals surface area contributed by atoms with Crippen molar-refractivity contribution >= 4 is 17.7 Å². The maximum absolute atomic E-state index is 11.1. The van der Waals surface area contributed by atoms with Gasteiger partial charge < -0.3 is 5.11 Å². The minimum Gasteiger partial charge on any atom is -0.478 e. The van der Waals surface area contributed by atoms with E-state index in [1.165, 1.54) is 5.56 Å². The highest BCUT2D eigenvalue weighted by molar-refractivity contribution is 8.02. The van der Waals surface area contributed by atoms with Crippen molar-refractivity contribution in [3.8, 4) is 0 Å². The van der Waals surface area contributed by atoms with E-state index in [1.54, 1.807) is 11.8 Å². The molecule has 0 saturated heterocycles. The molecule has 0 bridgehead atoms. The van der Waals surface area contributed by atoms with Crippen LogP contribution in [0.4, 0.5) is 0 Å². The van der Waals surface area contributed by atoms with Crippen LogP contribution in [0.3, 0.4) is 0 Å². The monoisotopic (exact) mass is 248 g/mol. The molecule has 1 aromatic rings. The first-order chi connectivity index (χ1) is 8.27. The van der Waals surface area contributed by atoms with E-state index in [9.17, 15) is 4.79 Å². The Hall–Kier alpha value is -1.22. The molecule has 1 aromatic carbocycles. The average Bonchev–Trinajstić information content (AvgIpc) is 2.38. The fourth-order valence-corrected chi connectivity index (χ4v) is 3.19. The Balaban J connectivity index is 2.04. The van der Waals surface area contributed by atoms with Crippen LogP contribution in [0.5, 0.6) is 0 Å². The fourth-order valence-electron chi connectivity index (χ4n) is 2.01. The molecule has 0 aliphatic heterocycles. The first kappa shape index (κ1) is 12.2. The molecule has 0 radical (unpaired) electrons. The van der Waals surface area contributed by atoms with E-state index in [-0.39, 0.29) is 0 Å². The first-order valence-electron chi connectivity index (χ1n) is 5.89. The molecule has 0 aromatic heterocycles. The van der Waals surface area contributed by atoms with Crippen LogP contribution >= 0.6 is 11.8 Å². The number of carboxylic acid groups (broad SMARTS) is 1. The molecule has 3 heteroatoms. The number of benzene rings is 1. The van der Waals surface area contributed by atoms with Crippen molar-refractivity contribution in [1.82, 2.24) is 0 Å². The standard InChI is InChI=1S/C14H16O2S/c15-14(16)12-8-4-5-9-13(12)17-10-11-6-2-1-3-7-11/h1-3,6-7H,4-5,8-10H2,(H,15,16). The molecule has 2 nitrogen and oxygen atoms in total. The van der Waals surface area contributed by atoms with E-state index >= 15 is 0 Å². The summed E-state index contributed by atoms with van der Waals surface area (Å²) >= 11 is 1.69. The number of hydrogen-bond donors (Lipinski definition) is 1. The lowest BCUT2D eigenvalue weighted by Gasteiger charge is -2.17. The van der Waals surface area contributed by atoms with Crippen molar-refractivity contribution in [3.05, 3.63) is 46.4 Å². The van der Waals surface area contributed by atoms with Gasteiger partial charge in [-0.15, -0.1) is 11.8 Å². The number of allylic oxidation sites excluding steroid dienone is 1. The molecule has 1 aliphatic carbocycles. The Bertz CT molecular complexity index is 423. The summed E-state index contributed by atoms with van der Waals surface area (Å²) in [5, 5.41) is 9.13. The van der Waals surface area contributed by atoms with Gasteiger partial charge in [-0.05, 0) is 36.2 Å². The third-order valence-corrected chi connectivity index (χ3v) is 4.21. The van der Waals surface area contributed by atoms with Crippen LogP contribution < -0.4 is 0 Å². The van der Waals surface area contributed by atoms with Crippen LogP contribution in [-0.4, -0.2) is 11.1 Å². The van der Waals surface area contributed by atoms with Crippen LogP contribution in [0, 0.1) is 0 Å². The lowest BCUT2D eigenvalue weighted by Crippen LogP contribution is -2.07. The first-order valence-corrected chi connectivity index (χ1v) is 6.88. The van der Waals surface area contributed by atoms with Gasteiger partial charge in [-0.2, -0.15) is 0 Å². The Morgan fingerprint density at radius 3 is 2.59 bits per heavy atom. The Labute approximate surface area is 106 Å². The number of carbonyl (C=O) groups is 1. The molecule has 0 saturated carbocycles. The zero-order valence-corrected chi connectivity index (χ0v) is 10.5. The minimum absolute atomic E-state index is 0.636. The summed E-state index contributed by atoms with van der Waals surface area (Å²) in [5.41, 5.74) is 1.89. The summed E-state index contributed by atoms with van der Waals surface area (Å²) < 4.78 is 0. The van der Waals surface area contributed by atoms with Crippen LogP contribution in [0.15, 0.2) is 40.8 Å². The average molecular weight is 248 g/mol. The molecule has 0 unspecified atom stereocenters. The van der Waals surface area contributed by atoms with E-state index in [1.807, 2.05) is 18.2 Å². The number of hydrogen-bond acceptors (Lipinski definition) is 2. The van der Waals surface area contributed by atoms with Crippen LogP contribution in [0.1, 0.15) is 31.2 Å². The highest BCUT2D eigenvalue weighted by atomic mass is 32.2. The SMILES string of the molecule is O=C(O)C1=C(SCc2ccccc2)CCCC1. The second-order valence-corrected chi connectivity index (χ2v) is 5.26. The molecule has 0 atom stereocenters. The van der Waals surface area contributed by atoms with Crippen molar-refractivity contribution in [1.29, 1.82) is 0 Å². The molecule has 2 rings (SSSR count). The van der Waals surface area contributed by atoms with Crippen molar-refractivity contribution in [2.45, 2.75) is 31.4 Å². The molecular formula is C14H16O2S. The van der Waals surface area contributed by atoms with Gasteiger partial charge in [0.25, 0.3) is 0 Å². The Morgan fingerprint density at radius 1 is 1.18 bits per heavy atom. The number of thioether (sulfide) groups is 1. The molecule has 1 N–H and O–H groups in total. The van der Waals surface area contributed by atoms with Gasteiger partial charge in [0.05, 0.1) is 0 Å². The van der Waals surface area contributed by atoms with Crippen molar-refractivity contribution in [3.63, 3.8) is 0 Å². The normalized spacial score (nSPS) is 16.0. The molecule has 17 heavy (non-hydrogen) atoms. The molecular weight excluding hydrogens is 232 g/mol. The van der Waals surface area contributed by atoms with Crippen molar-refractivity contribution in [2.24, 2.45) is 0 Å². The topological polar surface area (TPSA) is 37.3 Å². The Kier molecular flexibility index (Phi) is 4.26. The van der Waals surface area contributed by atoms with Crippen LogP contribution in [0.25, 0.3) is 0 Å². The third-order valence-electron chi connectivity index (χ3n) is 2.93. The van der Waals surface area contributed by atoms with Gasteiger partial charge in [0.1, 0.15) is 0 Å². The van der Waals surface area contributed by atoms with E-state index in [4.69, 9.17) is 5.11 Å². The minimum atomic E-state index is -0.736. The second-order valence-electron chi connectivity index (χ2n) is 4.19. The van der Waals surface area contributed by atoms with Crippen molar-refractivity contribution < 1.29 is 9.90 Å². The third kappa shape index (κ3) is 3.37. The number of rotatable bonds is 4. The molecule has 90 valence electrons. The lowest BCUT2D eigenvalue weighted by molar-refractivity contribution is -0.132. The molecule has 1 aliphatic rings. The highest BCUT2D eigenvalue weighted by Crippen LogP contribution is 2.34. The van der Waals surface area contributed by atoms with Crippen LogP contribution in [0.2, 0.25) is 0 Å². The summed E-state index contributed by atoms with van der Waals surface area (Å²) in [5.74, 6) is 0.132. The molecule has 0 amide bonds. The van der Waals surface area contributed by atoms with Gasteiger partial charge in [0, 0.05) is 11.3 Å². The summed E-state index contributed by atoms with van der Waals surface area (Å²) in [7, 11) is 0. The predicted octanol–water partition coefficient (Wildman–Crippen LogP) is 3.83. The van der Waals surface area contributed by atoms with E-state index < -0.39 is 5.97 Å². The lowest BCUT2D eigenvalue weighted by atomic mass is 9.99. The van der Waals surface area contributed by atoms with Gasteiger partial charge in [-0.1, -0.05) is 30.3 Å². The van der Waals surface area contributed by atoms with Gasteiger partial charge in [0.2, 0.25) is 0 Å². The molecule has 0 spiro atoms. The van der Waals surface area contributed by atoms with E-state index in [2.05, 4.69) is 12.1 Å². The van der Waals surface area contributed by atoms with Gasteiger partial charge in [0.15, 0.2) is 0 Å².